The van der Waals surface area contributed by atoms with Crippen LogP contribution in [0.5, 0.6) is 0 Å². The Kier molecular flexibility index (Phi) is 5.65. The largest absolute Gasteiger partial charge is 0.301 e. The number of nitrogens with zero attached hydrogens (tertiary/aromatic N) is 4. The quantitative estimate of drug-likeness (QED) is 0.229. The van der Waals surface area contributed by atoms with Gasteiger partial charge in [0.15, 0.2) is 15.9 Å². The molecule has 4 N–H and O–H groups in total. The Morgan fingerprint density at radius 3 is 2.65 bits per heavy atom. The van der Waals surface area contributed by atoms with Crippen molar-refractivity contribution in [2.24, 2.45) is 5.14 Å². The third kappa shape index (κ3) is 4.43. The summed E-state index contributed by atoms with van der Waals surface area (Å²) >= 11 is 2.43. The molecule has 0 spiro atoms. The molecule has 2 aromatic carbocycles. The van der Waals surface area contributed by atoms with Gasteiger partial charge in [-0.15, -0.1) is 0 Å². The molecule has 0 aliphatic carbocycles. The Bertz CT molecular complexity index is 1670. The maximum absolute atomic E-state index is 12.5. The molecular formula is C20H15N7O4S3. The molecule has 3 aromatic heterocycles. The number of H-pyrrole nitrogens is 1. The topological polar surface area (TPSA) is 166 Å². The number of hydrogen-bond donors (Lipinski definition) is 3. The lowest BCUT2D eigenvalue weighted by molar-refractivity contribution is -0.113. The molecule has 3 heterocycles. The zero-order valence-corrected chi connectivity index (χ0v) is 19.6. The second-order valence-corrected chi connectivity index (χ2v) is 10.6. The molecule has 0 atom stereocenters. The monoisotopic (exact) mass is 513 g/mol. The number of hydrogen-bond acceptors (Lipinski definition) is 9. The van der Waals surface area contributed by atoms with E-state index in [1.807, 2.05) is 24.3 Å². The first-order valence-corrected chi connectivity index (χ1v) is 13.0. The Balaban J connectivity index is 1.35. The van der Waals surface area contributed by atoms with Gasteiger partial charge in [-0.25, -0.2) is 28.2 Å². The average molecular weight is 514 g/mol. The van der Waals surface area contributed by atoms with Crippen molar-refractivity contribution < 1.29 is 13.2 Å². The lowest BCUT2D eigenvalue weighted by Gasteiger charge is -2.05. The summed E-state index contributed by atoms with van der Waals surface area (Å²) in [5, 5.41) is 13.1. The van der Waals surface area contributed by atoms with Crippen LogP contribution in [-0.4, -0.2) is 44.8 Å². The lowest BCUT2D eigenvalue weighted by atomic mass is 10.3. The minimum atomic E-state index is -3.84. The van der Waals surface area contributed by atoms with Gasteiger partial charge in [0.25, 0.3) is 5.56 Å². The van der Waals surface area contributed by atoms with Crippen molar-refractivity contribution >= 4 is 65.4 Å². The van der Waals surface area contributed by atoms with E-state index in [0.29, 0.717) is 10.8 Å². The maximum Gasteiger partial charge on any atom is 0.262 e. The van der Waals surface area contributed by atoms with Crippen molar-refractivity contribution in [3.05, 3.63) is 65.1 Å². The first kappa shape index (κ1) is 22.2. The molecule has 0 radical (unpaired) electrons. The standard InChI is InChI=1S/C20H15N7O4S3/c21-34(30,31)12-7-5-11(6-8-12)27-17-13(9-22-27)18(29)26-19(25-17)32-10-16(28)24-20-23-14-3-1-2-4-15(14)33-20/h1-9H,10H2,(H2,21,30,31)(H,23,24,28)(H,25,26,29). The summed E-state index contributed by atoms with van der Waals surface area (Å²) in [6, 6.07) is 13.3. The van der Waals surface area contributed by atoms with Crippen LogP contribution in [-0.2, 0) is 14.8 Å². The van der Waals surface area contributed by atoms with Gasteiger partial charge < -0.3 is 10.3 Å². The number of carbonyl (C=O) groups is 1. The smallest absolute Gasteiger partial charge is 0.262 e. The van der Waals surface area contributed by atoms with Crippen molar-refractivity contribution in [3.8, 4) is 5.69 Å². The molecule has 0 saturated carbocycles. The van der Waals surface area contributed by atoms with Gasteiger partial charge in [0, 0.05) is 0 Å². The number of aromatic nitrogens is 5. The van der Waals surface area contributed by atoms with E-state index in [2.05, 4.69) is 25.4 Å². The number of sulfonamides is 1. The third-order valence-corrected chi connectivity index (χ3v) is 7.46. The highest BCUT2D eigenvalue weighted by molar-refractivity contribution is 7.99. The van der Waals surface area contributed by atoms with Crippen molar-refractivity contribution in [1.82, 2.24) is 24.7 Å². The predicted octanol–water partition coefficient (Wildman–Crippen LogP) is 2.10. The number of rotatable bonds is 6. The molecule has 34 heavy (non-hydrogen) atoms. The number of nitrogens with two attached hydrogens (primary N) is 1. The zero-order chi connectivity index (χ0) is 23.9. The lowest BCUT2D eigenvalue weighted by Crippen LogP contribution is -2.15. The predicted molar refractivity (Wildman–Crippen MR) is 130 cm³/mol. The fourth-order valence-electron chi connectivity index (χ4n) is 3.15. The molecule has 11 nitrogen and oxygen atoms in total. The summed E-state index contributed by atoms with van der Waals surface area (Å²) in [5.74, 6) is -0.291. The zero-order valence-electron chi connectivity index (χ0n) is 17.1. The van der Waals surface area contributed by atoms with E-state index in [1.165, 1.54) is 46.5 Å². The number of para-hydroxylation sites is 1. The Hall–Kier alpha value is -3.59. The van der Waals surface area contributed by atoms with Gasteiger partial charge in [0.2, 0.25) is 15.9 Å². The molecule has 14 heteroatoms. The Labute approximate surface area is 200 Å². The van der Waals surface area contributed by atoms with Crippen LogP contribution in [0.4, 0.5) is 5.13 Å². The molecule has 172 valence electrons. The van der Waals surface area contributed by atoms with Gasteiger partial charge in [-0.2, -0.15) is 5.10 Å². The first-order valence-electron chi connectivity index (χ1n) is 9.67. The number of nitrogens with one attached hydrogen (secondary N) is 2. The molecule has 0 aliphatic heterocycles. The van der Waals surface area contributed by atoms with Gasteiger partial charge in [-0.1, -0.05) is 35.2 Å². The van der Waals surface area contributed by atoms with E-state index in [1.54, 1.807) is 0 Å². The fraction of sp³-hybridized carbons (Fsp3) is 0.0500. The van der Waals surface area contributed by atoms with Gasteiger partial charge in [0.05, 0.1) is 32.7 Å². The van der Waals surface area contributed by atoms with Crippen LogP contribution >= 0.6 is 23.1 Å². The van der Waals surface area contributed by atoms with Gasteiger partial charge >= 0.3 is 0 Å². The highest BCUT2D eigenvalue weighted by atomic mass is 32.2. The van der Waals surface area contributed by atoms with Crippen LogP contribution in [0.1, 0.15) is 0 Å². The van der Waals surface area contributed by atoms with E-state index in [0.717, 1.165) is 22.0 Å². The van der Waals surface area contributed by atoms with Crippen molar-refractivity contribution in [3.63, 3.8) is 0 Å². The fourth-order valence-corrected chi connectivity index (χ4v) is 5.20. The van der Waals surface area contributed by atoms with Crippen molar-refractivity contribution in [2.45, 2.75) is 10.1 Å². The number of carbonyl (C=O) groups excluding carboxylic acids is 1. The second kappa shape index (κ2) is 8.64. The maximum atomic E-state index is 12.5. The Morgan fingerprint density at radius 2 is 1.91 bits per heavy atom. The number of anilines is 1. The molecule has 5 rings (SSSR count). The molecular weight excluding hydrogens is 498 g/mol. The van der Waals surface area contributed by atoms with Crippen molar-refractivity contribution in [2.75, 3.05) is 11.1 Å². The number of amides is 1. The molecule has 5 aromatic rings. The molecule has 1 amide bonds. The van der Waals surface area contributed by atoms with Crippen LogP contribution in [0.25, 0.3) is 26.9 Å². The number of thiazole rings is 1. The molecule has 0 bridgehead atoms. The van der Waals surface area contributed by atoms with E-state index in [-0.39, 0.29) is 32.7 Å². The molecule has 0 fully saturated rings. The third-order valence-electron chi connectivity index (χ3n) is 4.71. The highest BCUT2D eigenvalue weighted by Gasteiger charge is 2.15. The van der Waals surface area contributed by atoms with E-state index < -0.39 is 15.6 Å². The molecule has 0 unspecified atom stereocenters. The number of benzene rings is 2. The van der Waals surface area contributed by atoms with Gasteiger partial charge in [0.1, 0.15) is 5.39 Å². The average Bonchev–Trinajstić information content (AvgIpc) is 3.41. The normalized spacial score (nSPS) is 11.8. The highest BCUT2D eigenvalue weighted by Crippen LogP contribution is 2.26. The number of aromatic amines is 1. The SMILES string of the molecule is NS(=O)(=O)c1ccc(-n2ncc3c(=O)[nH]c(SCC(=O)Nc4nc5ccccc5s4)nc32)cc1. The van der Waals surface area contributed by atoms with Gasteiger partial charge in [-0.3, -0.25) is 9.59 Å². The summed E-state index contributed by atoms with van der Waals surface area (Å²) in [6.07, 6.45) is 1.36. The van der Waals surface area contributed by atoms with Crippen LogP contribution < -0.4 is 16.0 Å². The first-order chi connectivity index (χ1) is 16.3. The number of fused-ring (bicyclic) bond motifs is 2. The summed E-state index contributed by atoms with van der Waals surface area (Å²) < 4.78 is 25.3. The van der Waals surface area contributed by atoms with Crippen LogP contribution in [0.3, 0.4) is 0 Å². The molecule has 0 aliphatic rings. The molecule has 0 saturated heterocycles. The minimum absolute atomic E-state index is 0.00155. The summed E-state index contributed by atoms with van der Waals surface area (Å²) in [7, 11) is -3.84. The number of primary sulfonamides is 1. The van der Waals surface area contributed by atoms with E-state index in [9.17, 15) is 18.0 Å². The van der Waals surface area contributed by atoms with Crippen LogP contribution in [0.15, 0.2) is 69.6 Å². The summed E-state index contributed by atoms with van der Waals surface area (Å²) in [4.78, 5) is 36.3. The second-order valence-electron chi connectivity index (χ2n) is 7.03. The van der Waals surface area contributed by atoms with Gasteiger partial charge in [-0.05, 0) is 36.4 Å². The van der Waals surface area contributed by atoms with Crippen LogP contribution in [0, 0.1) is 0 Å². The number of thioether (sulfide) groups is 1. The minimum Gasteiger partial charge on any atom is -0.301 e. The summed E-state index contributed by atoms with van der Waals surface area (Å²) in [6.45, 7) is 0. The van der Waals surface area contributed by atoms with E-state index >= 15 is 0 Å². The summed E-state index contributed by atoms with van der Waals surface area (Å²) in [5.41, 5.74) is 1.15. The Morgan fingerprint density at radius 1 is 1.15 bits per heavy atom. The van der Waals surface area contributed by atoms with Crippen molar-refractivity contribution in [1.29, 1.82) is 0 Å². The van der Waals surface area contributed by atoms with Crippen LogP contribution in [0.2, 0.25) is 0 Å². The van der Waals surface area contributed by atoms with E-state index in [4.69, 9.17) is 5.14 Å².